The largest absolute Gasteiger partial charge is 0.389 e. The Morgan fingerprint density at radius 2 is 1.77 bits per heavy atom. The summed E-state index contributed by atoms with van der Waals surface area (Å²) in [7, 11) is 0. The highest BCUT2D eigenvalue weighted by Crippen LogP contribution is 2.29. The third-order valence-corrected chi connectivity index (χ3v) is 1.84. The van der Waals surface area contributed by atoms with Gasteiger partial charge in [0.25, 0.3) is 0 Å². The topological polar surface area (TPSA) is 40.5 Å². The van der Waals surface area contributed by atoms with Crippen LogP contribution in [0.3, 0.4) is 0 Å². The van der Waals surface area contributed by atoms with E-state index in [1.165, 1.54) is 0 Å². The van der Waals surface area contributed by atoms with Gasteiger partial charge in [-0.3, -0.25) is 0 Å². The van der Waals surface area contributed by atoms with E-state index in [-0.39, 0.29) is 6.42 Å². The molecule has 80 valence electrons. The van der Waals surface area contributed by atoms with E-state index in [0.29, 0.717) is 6.42 Å². The molecule has 0 aliphatic carbocycles. The molecule has 5 heteroatoms. The molecule has 13 heavy (non-hydrogen) atoms. The van der Waals surface area contributed by atoms with Crippen LogP contribution in [0, 0.1) is 5.92 Å². The molecule has 0 saturated carbocycles. The van der Waals surface area contributed by atoms with Gasteiger partial charge in [-0.25, -0.2) is 0 Å². The molecule has 0 rings (SSSR count). The number of hydrogen-bond acceptors (Lipinski definition) is 2. The Labute approximate surface area is 75.4 Å². The Bertz CT molecular complexity index is 134. The quantitative estimate of drug-likeness (QED) is 0.667. The Balaban J connectivity index is 3.95. The first-order valence-corrected chi connectivity index (χ1v) is 4.29. The number of aliphatic hydroxyl groups is 2. The Hall–Kier alpha value is -0.290. The number of unbranched alkanes of at least 4 members (excludes halogenated alkanes) is 1. The summed E-state index contributed by atoms with van der Waals surface area (Å²) in [4.78, 5) is 0. The maximum absolute atomic E-state index is 11.9. The predicted molar refractivity (Wildman–Crippen MR) is 41.9 cm³/mol. The third-order valence-electron chi connectivity index (χ3n) is 1.84. The van der Waals surface area contributed by atoms with Crippen LogP contribution in [-0.4, -0.2) is 22.7 Å². The van der Waals surface area contributed by atoms with Crippen LogP contribution in [0.15, 0.2) is 0 Å². The van der Waals surface area contributed by atoms with Crippen molar-refractivity contribution < 1.29 is 23.4 Å². The molecule has 0 unspecified atom stereocenters. The van der Waals surface area contributed by atoms with E-state index in [1.807, 2.05) is 6.92 Å². The summed E-state index contributed by atoms with van der Waals surface area (Å²) in [6, 6.07) is 0. The zero-order valence-corrected chi connectivity index (χ0v) is 7.51. The van der Waals surface area contributed by atoms with Gasteiger partial charge >= 0.3 is 6.18 Å². The summed E-state index contributed by atoms with van der Waals surface area (Å²) in [6.07, 6.45) is -5.77. The van der Waals surface area contributed by atoms with Crippen molar-refractivity contribution in [2.24, 2.45) is 5.92 Å². The molecule has 0 amide bonds. The van der Waals surface area contributed by atoms with Gasteiger partial charge in [-0.15, -0.1) is 0 Å². The minimum absolute atomic E-state index is 0.202. The molecule has 0 fully saturated rings. The second-order valence-corrected chi connectivity index (χ2v) is 3.14. The van der Waals surface area contributed by atoms with Crippen LogP contribution in [-0.2, 0) is 0 Å². The lowest BCUT2D eigenvalue weighted by Gasteiger charge is -2.19. The van der Waals surface area contributed by atoms with Gasteiger partial charge in [0.2, 0.25) is 0 Å². The van der Waals surface area contributed by atoms with E-state index in [0.717, 1.165) is 6.42 Å². The van der Waals surface area contributed by atoms with Crippen LogP contribution in [0.1, 0.15) is 32.6 Å². The highest BCUT2D eigenvalue weighted by atomic mass is 19.4. The fourth-order valence-corrected chi connectivity index (χ4v) is 1.12. The SMILES string of the molecule is CCCC[C@@H](CC(F)(F)F)C(O)O. The van der Waals surface area contributed by atoms with E-state index < -0.39 is 24.8 Å². The van der Waals surface area contributed by atoms with Gasteiger partial charge in [0.15, 0.2) is 6.29 Å². The van der Waals surface area contributed by atoms with Gasteiger partial charge < -0.3 is 10.2 Å². The molecule has 0 radical (unpaired) electrons. The summed E-state index contributed by atoms with van der Waals surface area (Å²) in [5.41, 5.74) is 0. The van der Waals surface area contributed by atoms with E-state index >= 15 is 0 Å². The van der Waals surface area contributed by atoms with Crippen LogP contribution in [0.2, 0.25) is 0 Å². The number of halogens is 3. The van der Waals surface area contributed by atoms with Crippen LogP contribution >= 0.6 is 0 Å². The van der Waals surface area contributed by atoms with Crippen LogP contribution < -0.4 is 0 Å². The molecule has 0 aliphatic rings. The molecule has 0 aromatic rings. The molecular formula is C8H15F3O2. The summed E-state index contributed by atoms with van der Waals surface area (Å²) in [5, 5.41) is 17.3. The summed E-state index contributed by atoms with van der Waals surface area (Å²) in [5.74, 6) is -1.08. The molecular weight excluding hydrogens is 185 g/mol. The standard InChI is InChI=1S/C8H15F3O2/c1-2-3-4-6(7(12)13)5-8(9,10)11/h6-7,12-13H,2-5H2,1H3/t6-/m0/s1. The van der Waals surface area contributed by atoms with Gasteiger partial charge in [0.1, 0.15) is 0 Å². The number of rotatable bonds is 5. The molecule has 0 aromatic carbocycles. The molecule has 0 saturated heterocycles. The van der Waals surface area contributed by atoms with E-state index in [9.17, 15) is 13.2 Å². The zero-order valence-electron chi connectivity index (χ0n) is 7.51. The first-order chi connectivity index (χ1) is 5.87. The van der Waals surface area contributed by atoms with E-state index in [1.54, 1.807) is 0 Å². The van der Waals surface area contributed by atoms with Gasteiger partial charge in [-0.2, -0.15) is 13.2 Å². The first kappa shape index (κ1) is 12.7. The van der Waals surface area contributed by atoms with Crippen molar-refractivity contribution in [3.63, 3.8) is 0 Å². The Morgan fingerprint density at radius 3 is 2.08 bits per heavy atom. The normalized spacial score (nSPS) is 15.0. The van der Waals surface area contributed by atoms with Gasteiger partial charge in [-0.05, 0) is 6.42 Å². The first-order valence-electron chi connectivity index (χ1n) is 4.29. The van der Waals surface area contributed by atoms with Crippen molar-refractivity contribution in [1.82, 2.24) is 0 Å². The van der Waals surface area contributed by atoms with Crippen molar-refractivity contribution in [2.75, 3.05) is 0 Å². The second kappa shape index (κ2) is 5.44. The maximum atomic E-state index is 11.9. The van der Waals surface area contributed by atoms with E-state index in [4.69, 9.17) is 10.2 Å². The van der Waals surface area contributed by atoms with Gasteiger partial charge in [-0.1, -0.05) is 19.8 Å². The lowest BCUT2D eigenvalue weighted by atomic mass is 9.98. The highest BCUT2D eigenvalue weighted by Gasteiger charge is 2.34. The molecule has 0 spiro atoms. The summed E-state index contributed by atoms with van der Waals surface area (Å²) in [6.45, 7) is 1.84. The molecule has 0 aromatic heterocycles. The molecule has 2 nitrogen and oxygen atoms in total. The monoisotopic (exact) mass is 200 g/mol. The van der Waals surface area contributed by atoms with E-state index in [2.05, 4.69) is 0 Å². The van der Waals surface area contributed by atoms with Crippen LogP contribution in [0.25, 0.3) is 0 Å². The highest BCUT2D eigenvalue weighted by molar-refractivity contribution is 4.65. The fraction of sp³-hybridized carbons (Fsp3) is 1.00. The van der Waals surface area contributed by atoms with Crippen molar-refractivity contribution >= 4 is 0 Å². The molecule has 0 aliphatic heterocycles. The van der Waals surface area contributed by atoms with Crippen molar-refractivity contribution in [3.8, 4) is 0 Å². The minimum Gasteiger partial charge on any atom is -0.368 e. The number of aliphatic hydroxyl groups excluding tert-OH is 1. The maximum Gasteiger partial charge on any atom is 0.389 e. The minimum atomic E-state index is -4.32. The lowest BCUT2D eigenvalue weighted by molar-refractivity contribution is -0.176. The van der Waals surface area contributed by atoms with Gasteiger partial charge in [0.05, 0.1) is 6.42 Å². The zero-order chi connectivity index (χ0) is 10.5. The third kappa shape index (κ3) is 6.83. The van der Waals surface area contributed by atoms with Crippen LogP contribution in [0.4, 0.5) is 13.2 Å². The number of alkyl halides is 3. The second-order valence-electron chi connectivity index (χ2n) is 3.14. The van der Waals surface area contributed by atoms with Crippen molar-refractivity contribution in [2.45, 2.75) is 45.1 Å². The summed E-state index contributed by atoms with van der Waals surface area (Å²) >= 11 is 0. The van der Waals surface area contributed by atoms with Crippen LogP contribution in [0.5, 0.6) is 0 Å². The molecule has 0 heterocycles. The number of hydrogen-bond donors (Lipinski definition) is 2. The Morgan fingerprint density at radius 1 is 1.23 bits per heavy atom. The molecule has 1 atom stereocenters. The average Bonchev–Trinajstić information content (AvgIpc) is 1.95. The fourth-order valence-electron chi connectivity index (χ4n) is 1.12. The smallest absolute Gasteiger partial charge is 0.368 e. The Kier molecular flexibility index (Phi) is 5.32. The van der Waals surface area contributed by atoms with Gasteiger partial charge in [0, 0.05) is 5.92 Å². The predicted octanol–water partition coefficient (Wildman–Crippen LogP) is 2.06. The van der Waals surface area contributed by atoms with Crippen molar-refractivity contribution in [3.05, 3.63) is 0 Å². The lowest BCUT2D eigenvalue weighted by Crippen LogP contribution is -2.25. The molecule has 2 N–H and O–H groups in total. The molecule has 0 bridgehead atoms. The summed E-state index contributed by atoms with van der Waals surface area (Å²) < 4.78 is 35.6. The van der Waals surface area contributed by atoms with Crippen molar-refractivity contribution in [1.29, 1.82) is 0 Å². The average molecular weight is 200 g/mol.